The third-order valence-corrected chi connectivity index (χ3v) is 8.37. The molecule has 0 unspecified atom stereocenters. The summed E-state index contributed by atoms with van der Waals surface area (Å²) in [7, 11) is -3.55. The molecule has 0 spiro atoms. The number of hydrogen-bond acceptors (Lipinski definition) is 6. The Labute approximate surface area is 198 Å². The summed E-state index contributed by atoms with van der Waals surface area (Å²) in [5.74, 6) is 1.08. The van der Waals surface area contributed by atoms with Gasteiger partial charge in [-0.3, -0.25) is 4.79 Å². The summed E-state index contributed by atoms with van der Waals surface area (Å²) in [6.45, 7) is 4.40. The third kappa shape index (κ3) is 5.45. The maximum atomic E-state index is 12.7. The zero-order valence-electron chi connectivity index (χ0n) is 18.6. The van der Waals surface area contributed by atoms with Gasteiger partial charge in [-0.25, -0.2) is 18.1 Å². The molecule has 2 aromatic heterocycles. The van der Waals surface area contributed by atoms with Crippen molar-refractivity contribution in [3.05, 3.63) is 60.4 Å². The van der Waals surface area contributed by atoms with Gasteiger partial charge in [0.25, 0.3) is 0 Å². The summed E-state index contributed by atoms with van der Waals surface area (Å²) in [6.07, 6.45) is 3.60. The number of aromatic nitrogens is 3. The summed E-state index contributed by atoms with van der Waals surface area (Å²) in [6, 6.07) is 14.8. The highest BCUT2D eigenvalue weighted by atomic mass is 32.2. The number of nitrogens with one attached hydrogen (secondary N) is 1. The molecule has 3 aromatic rings. The molecule has 10 heteroatoms. The van der Waals surface area contributed by atoms with Crippen molar-refractivity contribution in [3.63, 3.8) is 0 Å². The van der Waals surface area contributed by atoms with Gasteiger partial charge in [0.05, 0.1) is 22.2 Å². The Kier molecular flexibility index (Phi) is 7.16. The van der Waals surface area contributed by atoms with Crippen LogP contribution in [0.15, 0.2) is 64.6 Å². The molecule has 1 fully saturated rings. The minimum Gasteiger partial charge on any atom is -0.310 e. The number of carbonyl (C=O) groups is 1. The lowest BCUT2D eigenvalue weighted by atomic mass is 10.3. The van der Waals surface area contributed by atoms with Crippen LogP contribution in [0.25, 0.3) is 5.69 Å². The van der Waals surface area contributed by atoms with Crippen molar-refractivity contribution < 1.29 is 13.2 Å². The molecular weight excluding hydrogens is 458 g/mol. The largest absolute Gasteiger partial charge is 0.310 e. The van der Waals surface area contributed by atoms with Crippen LogP contribution in [-0.4, -0.2) is 52.2 Å². The van der Waals surface area contributed by atoms with Crippen LogP contribution >= 0.6 is 11.8 Å². The number of hydrogen-bond donors (Lipinski definition) is 1. The first kappa shape index (κ1) is 23.5. The monoisotopic (exact) mass is 485 g/mol. The Balaban J connectivity index is 1.41. The molecule has 2 heterocycles. The SMILES string of the molecule is CCN(CC)S(=O)(=O)c1ccc(SCC(=O)Nc2cc(C3CC3)nn2-c2ccccc2)nc1. The van der Waals surface area contributed by atoms with Crippen LogP contribution in [-0.2, 0) is 14.8 Å². The second-order valence-electron chi connectivity index (χ2n) is 7.73. The van der Waals surface area contributed by atoms with E-state index in [4.69, 9.17) is 5.10 Å². The molecule has 1 aromatic carbocycles. The quantitative estimate of drug-likeness (QED) is 0.438. The third-order valence-electron chi connectivity index (χ3n) is 5.40. The number of nitrogens with zero attached hydrogens (tertiary/aromatic N) is 4. The summed E-state index contributed by atoms with van der Waals surface area (Å²) in [4.78, 5) is 17.0. The summed E-state index contributed by atoms with van der Waals surface area (Å²) in [5, 5.41) is 8.24. The molecule has 4 rings (SSSR count). The van der Waals surface area contributed by atoms with Crippen LogP contribution in [0.5, 0.6) is 0 Å². The molecule has 1 amide bonds. The number of benzene rings is 1. The molecule has 0 saturated heterocycles. The average molecular weight is 486 g/mol. The van der Waals surface area contributed by atoms with Gasteiger partial charge in [-0.15, -0.1) is 0 Å². The van der Waals surface area contributed by atoms with Gasteiger partial charge in [0, 0.05) is 31.3 Å². The van der Waals surface area contributed by atoms with Gasteiger partial charge in [-0.05, 0) is 37.1 Å². The van der Waals surface area contributed by atoms with Gasteiger partial charge >= 0.3 is 0 Å². The molecule has 1 saturated carbocycles. The lowest BCUT2D eigenvalue weighted by molar-refractivity contribution is -0.113. The van der Waals surface area contributed by atoms with Crippen LogP contribution in [0.4, 0.5) is 5.82 Å². The highest BCUT2D eigenvalue weighted by molar-refractivity contribution is 7.99. The number of pyridine rings is 1. The molecule has 1 aliphatic rings. The zero-order valence-corrected chi connectivity index (χ0v) is 20.3. The Morgan fingerprint density at radius 1 is 1.15 bits per heavy atom. The van der Waals surface area contributed by atoms with E-state index in [9.17, 15) is 13.2 Å². The molecule has 1 aliphatic carbocycles. The van der Waals surface area contributed by atoms with Crippen molar-refractivity contribution in [3.8, 4) is 5.69 Å². The van der Waals surface area contributed by atoms with Crippen molar-refractivity contribution in [2.45, 2.75) is 42.5 Å². The smallest absolute Gasteiger partial charge is 0.244 e. The fourth-order valence-electron chi connectivity index (χ4n) is 3.47. The van der Waals surface area contributed by atoms with Gasteiger partial charge in [-0.1, -0.05) is 43.8 Å². The van der Waals surface area contributed by atoms with Crippen LogP contribution in [0.2, 0.25) is 0 Å². The lowest BCUT2D eigenvalue weighted by Crippen LogP contribution is -2.30. The van der Waals surface area contributed by atoms with Crippen molar-refractivity contribution in [1.29, 1.82) is 0 Å². The molecule has 174 valence electrons. The van der Waals surface area contributed by atoms with Crippen LogP contribution in [0.1, 0.15) is 38.3 Å². The molecule has 8 nitrogen and oxygen atoms in total. The fourth-order valence-corrected chi connectivity index (χ4v) is 5.52. The highest BCUT2D eigenvalue weighted by Crippen LogP contribution is 2.40. The van der Waals surface area contributed by atoms with E-state index in [1.165, 1.54) is 28.3 Å². The number of amides is 1. The number of carbonyl (C=O) groups excluding carboxylic acids is 1. The van der Waals surface area contributed by atoms with Gasteiger partial charge in [0.1, 0.15) is 10.7 Å². The standard InChI is InChI=1S/C23H27N5O3S2/c1-3-27(4-2)33(30,31)19-12-13-23(24-15-19)32-16-22(29)25-21-14-20(17-10-11-17)26-28(21)18-8-6-5-7-9-18/h5-9,12-15,17H,3-4,10-11,16H2,1-2H3,(H,25,29). The fraction of sp³-hybridized carbons (Fsp3) is 0.348. The second-order valence-corrected chi connectivity index (χ2v) is 10.7. The van der Waals surface area contributed by atoms with E-state index in [-0.39, 0.29) is 16.6 Å². The summed E-state index contributed by atoms with van der Waals surface area (Å²) < 4.78 is 28.3. The molecule has 0 bridgehead atoms. The van der Waals surface area contributed by atoms with Gasteiger partial charge in [-0.2, -0.15) is 9.40 Å². The minimum atomic E-state index is -3.55. The average Bonchev–Trinajstić information content (AvgIpc) is 3.60. The van der Waals surface area contributed by atoms with Crippen LogP contribution < -0.4 is 5.32 Å². The lowest BCUT2D eigenvalue weighted by Gasteiger charge is -2.18. The van der Waals surface area contributed by atoms with E-state index in [1.54, 1.807) is 24.6 Å². The van der Waals surface area contributed by atoms with Crippen molar-refractivity contribution in [1.82, 2.24) is 19.1 Å². The predicted molar refractivity (Wildman–Crippen MR) is 129 cm³/mol. The molecule has 0 atom stereocenters. The van der Waals surface area contributed by atoms with E-state index in [0.717, 1.165) is 24.2 Å². The number of thioether (sulfide) groups is 1. The first-order valence-corrected chi connectivity index (χ1v) is 13.4. The molecule has 0 radical (unpaired) electrons. The normalized spacial score (nSPS) is 13.9. The zero-order chi connectivity index (χ0) is 23.4. The van der Waals surface area contributed by atoms with Crippen molar-refractivity contribution >= 4 is 33.5 Å². The second kappa shape index (κ2) is 10.1. The van der Waals surface area contributed by atoms with E-state index < -0.39 is 10.0 Å². The van der Waals surface area contributed by atoms with E-state index in [1.807, 2.05) is 36.4 Å². The maximum absolute atomic E-state index is 12.7. The Hall–Kier alpha value is -2.69. The first-order chi connectivity index (χ1) is 15.9. The van der Waals surface area contributed by atoms with Gasteiger partial charge in [0.2, 0.25) is 15.9 Å². The number of rotatable bonds is 10. The number of sulfonamides is 1. The molecular formula is C23H27N5O3S2. The molecule has 1 N–H and O–H groups in total. The van der Waals surface area contributed by atoms with Crippen LogP contribution in [0, 0.1) is 0 Å². The van der Waals surface area contributed by atoms with Crippen molar-refractivity contribution in [2.24, 2.45) is 0 Å². The predicted octanol–water partition coefficient (Wildman–Crippen LogP) is 3.91. The maximum Gasteiger partial charge on any atom is 0.244 e. The van der Waals surface area contributed by atoms with E-state index >= 15 is 0 Å². The summed E-state index contributed by atoms with van der Waals surface area (Å²) in [5.41, 5.74) is 1.88. The number of anilines is 1. The highest BCUT2D eigenvalue weighted by Gasteiger charge is 2.28. The Morgan fingerprint density at radius 2 is 1.88 bits per heavy atom. The topological polar surface area (TPSA) is 97.2 Å². The molecule has 0 aliphatic heterocycles. The Bertz CT molecular complexity index is 1200. The summed E-state index contributed by atoms with van der Waals surface area (Å²) >= 11 is 1.25. The van der Waals surface area contributed by atoms with E-state index in [0.29, 0.717) is 29.9 Å². The first-order valence-electron chi connectivity index (χ1n) is 11.0. The Morgan fingerprint density at radius 3 is 2.48 bits per heavy atom. The van der Waals surface area contributed by atoms with Gasteiger partial charge < -0.3 is 5.32 Å². The van der Waals surface area contributed by atoms with Crippen molar-refractivity contribution in [2.75, 3.05) is 24.2 Å². The number of para-hydroxylation sites is 1. The van der Waals surface area contributed by atoms with Gasteiger partial charge in [0.15, 0.2) is 0 Å². The van der Waals surface area contributed by atoms with Crippen LogP contribution in [0.3, 0.4) is 0 Å². The minimum absolute atomic E-state index is 0.147. The molecule has 33 heavy (non-hydrogen) atoms. The van der Waals surface area contributed by atoms with E-state index in [2.05, 4.69) is 10.3 Å².